The fourth-order valence-electron chi connectivity index (χ4n) is 1.81. The number of nitrogens with one attached hydrogen (secondary N) is 1. The van der Waals surface area contributed by atoms with Crippen LogP contribution in [0.3, 0.4) is 0 Å². The molecule has 0 radical (unpaired) electrons. The number of carbonyl (C=O) groups excluding carboxylic acids is 1. The Hall–Kier alpha value is -1.69. The van der Waals surface area contributed by atoms with Gasteiger partial charge in [-0.25, -0.2) is 4.98 Å². The van der Waals surface area contributed by atoms with E-state index >= 15 is 0 Å². The highest BCUT2D eigenvalue weighted by molar-refractivity contribution is 7.07. The van der Waals surface area contributed by atoms with Crippen LogP contribution in [-0.4, -0.2) is 33.0 Å². The lowest BCUT2D eigenvalue weighted by atomic mass is 10.3. The molecule has 0 bridgehead atoms. The van der Waals surface area contributed by atoms with Gasteiger partial charge >= 0.3 is 0 Å². The van der Waals surface area contributed by atoms with Crippen molar-refractivity contribution in [1.82, 2.24) is 20.1 Å². The number of aromatic nitrogens is 3. The lowest BCUT2D eigenvalue weighted by Crippen LogP contribution is -2.27. The van der Waals surface area contributed by atoms with Gasteiger partial charge < -0.3 is 4.90 Å². The molecule has 0 atom stereocenters. The van der Waals surface area contributed by atoms with Crippen molar-refractivity contribution in [3.63, 3.8) is 0 Å². The van der Waals surface area contributed by atoms with E-state index in [2.05, 4.69) is 15.2 Å². The third-order valence-corrected chi connectivity index (χ3v) is 3.74. The summed E-state index contributed by atoms with van der Waals surface area (Å²) in [7, 11) is 1.77. The topological polar surface area (TPSA) is 61.9 Å². The van der Waals surface area contributed by atoms with Gasteiger partial charge in [0, 0.05) is 19.5 Å². The normalized spacial score (nSPS) is 14.7. The van der Waals surface area contributed by atoms with Gasteiger partial charge in [0.1, 0.15) is 5.82 Å². The van der Waals surface area contributed by atoms with E-state index in [1.54, 1.807) is 23.3 Å². The molecule has 6 heteroatoms. The van der Waals surface area contributed by atoms with Crippen molar-refractivity contribution in [2.24, 2.45) is 0 Å². The number of nitrogens with zero attached hydrogens (tertiary/aromatic N) is 3. The Morgan fingerprint density at radius 1 is 1.61 bits per heavy atom. The highest BCUT2D eigenvalue weighted by Gasteiger charge is 2.28. The predicted octanol–water partition coefficient (Wildman–Crippen LogP) is 2.02. The highest BCUT2D eigenvalue weighted by atomic mass is 32.1. The van der Waals surface area contributed by atoms with Crippen LogP contribution in [0.4, 0.5) is 0 Å². The smallest absolute Gasteiger partial charge is 0.293 e. The summed E-state index contributed by atoms with van der Waals surface area (Å²) in [5.74, 6) is 1.47. The minimum Gasteiger partial charge on any atom is -0.335 e. The Labute approximate surface area is 109 Å². The first-order valence-electron chi connectivity index (χ1n) is 5.93. The molecule has 1 N–H and O–H groups in total. The maximum absolute atomic E-state index is 12.1. The monoisotopic (exact) mass is 262 g/mol. The second kappa shape index (κ2) is 4.53. The van der Waals surface area contributed by atoms with E-state index in [9.17, 15) is 4.79 Å². The first-order valence-corrected chi connectivity index (χ1v) is 6.87. The molecule has 1 saturated carbocycles. The van der Waals surface area contributed by atoms with Gasteiger partial charge in [-0.1, -0.05) is 0 Å². The number of hydrogen-bond donors (Lipinski definition) is 1. The van der Waals surface area contributed by atoms with Crippen LogP contribution in [0.15, 0.2) is 16.8 Å². The second-order valence-corrected chi connectivity index (χ2v) is 5.39. The zero-order valence-corrected chi connectivity index (χ0v) is 10.9. The van der Waals surface area contributed by atoms with E-state index in [4.69, 9.17) is 0 Å². The Morgan fingerprint density at radius 3 is 3.11 bits per heavy atom. The Bertz CT molecular complexity index is 544. The Kier molecular flexibility index (Phi) is 2.87. The zero-order chi connectivity index (χ0) is 12.5. The summed E-state index contributed by atoms with van der Waals surface area (Å²) < 4.78 is 0. The number of amides is 1. The molecular weight excluding hydrogens is 248 g/mol. The highest BCUT2D eigenvalue weighted by Crippen LogP contribution is 2.37. The van der Waals surface area contributed by atoms with Gasteiger partial charge in [0.05, 0.1) is 0 Å². The minimum absolute atomic E-state index is 0.135. The predicted molar refractivity (Wildman–Crippen MR) is 68.5 cm³/mol. The van der Waals surface area contributed by atoms with Crippen LogP contribution in [0, 0.1) is 0 Å². The minimum atomic E-state index is -0.135. The van der Waals surface area contributed by atoms with Crippen LogP contribution in [0.2, 0.25) is 0 Å². The summed E-state index contributed by atoms with van der Waals surface area (Å²) in [6, 6.07) is 2.02. The van der Waals surface area contributed by atoms with Gasteiger partial charge in [-0.2, -0.15) is 11.3 Å². The van der Waals surface area contributed by atoms with Crippen molar-refractivity contribution in [1.29, 1.82) is 0 Å². The van der Waals surface area contributed by atoms with E-state index in [-0.39, 0.29) is 11.7 Å². The molecule has 1 aliphatic carbocycles. The van der Waals surface area contributed by atoms with Gasteiger partial charge in [-0.05, 0) is 35.2 Å². The molecule has 1 amide bonds. The fraction of sp³-hybridized carbons (Fsp3) is 0.417. The summed E-state index contributed by atoms with van der Waals surface area (Å²) in [6.45, 7) is 0.593. The number of thiophene rings is 1. The third-order valence-electron chi connectivity index (χ3n) is 3.00. The van der Waals surface area contributed by atoms with Gasteiger partial charge in [0.25, 0.3) is 5.91 Å². The van der Waals surface area contributed by atoms with Crippen LogP contribution in [0.5, 0.6) is 0 Å². The first kappa shape index (κ1) is 11.4. The summed E-state index contributed by atoms with van der Waals surface area (Å²) in [6.07, 6.45) is 2.29. The summed E-state index contributed by atoms with van der Waals surface area (Å²) in [4.78, 5) is 18.0. The molecule has 3 rings (SSSR count). The number of aromatic amines is 1. The average molecular weight is 262 g/mol. The Morgan fingerprint density at radius 2 is 2.44 bits per heavy atom. The molecule has 18 heavy (non-hydrogen) atoms. The molecule has 1 fully saturated rings. The van der Waals surface area contributed by atoms with Crippen molar-refractivity contribution in [2.75, 3.05) is 7.05 Å². The van der Waals surface area contributed by atoms with Crippen molar-refractivity contribution < 1.29 is 4.79 Å². The van der Waals surface area contributed by atoms with Crippen LogP contribution < -0.4 is 0 Å². The maximum atomic E-state index is 12.1. The van der Waals surface area contributed by atoms with E-state index in [1.165, 1.54) is 0 Å². The molecule has 2 aromatic rings. The van der Waals surface area contributed by atoms with Crippen LogP contribution >= 0.6 is 11.3 Å². The lowest BCUT2D eigenvalue weighted by molar-refractivity contribution is 0.0773. The molecule has 0 saturated heterocycles. The number of hydrogen-bond acceptors (Lipinski definition) is 4. The quantitative estimate of drug-likeness (QED) is 0.917. The van der Waals surface area contributed by atoms with Crippen LogP contribution in [0.25, 0.3) is 0 Å². The summed E-state index contributed by atoms with van der Waals surface area (Å²) >= 11 is 1.63. The summed E-state index contributed by atoms with van der Waals surface area (Å²) in [5.41, 5.74) is 1.13. The SMILES string of the molecule is CN(Cc1ccsc1)C(=O)c1n[nH]c(C2CC2)n1. The maximum Gasteiger partial charge on any atom is 0.293 e. The molecule has 1 aliphatic rings. The molecule has 2 aromatic heterocycles. The van der Waals surface area contributed by atoms with Crippen molar-refractivity contribution in [3.05, 3.63) is 34.0 Å². The molecule has 0 unspecified atom stereocenters. The number of rotatable bonds is 4. The van der Waals surface area contributed by atoms with Crippen LogP contribution in [0.1, 0.15) is 40.8 Å². The molecular formula is C12H14N4OS. The average Bonchev–Trinajstić information content (AvgIpc) is 2.91. The Balaban J connectivity index is 1.68. The first-order chi connectivity index (χ1) is 8.74. The molecule has 0 aliphatic heterocycles. The van der Waals surface area contributed by atoms with E-state index in [0.717, 1.165) is 24.2 Å². The van der Waals surface area contributed by atoms with E-state index in [1.807, 2.05) is 16.8 Å². The van der Waals surface area contributed by atoms with E-state index in [0.29, 0.717) is 12.5 Å². The van der Waals surface area contributed by atoms with Crippen molar-refractivity contribution in [3.8, 4) is 0 Å². The molecule has 5 nitrogen and oxygen atoms in total. The number of carbonyl (C=O) groups is 1. The van der Waals surface area contributed by atoms with Crippen LogP contribution in [-0.2, 0) is 6.54 Å². The largest absolute Gasteiger partial charge is 0.335 e. The van der Waals surface area contributed by atoms with Crippen molar-refractivity contribution in [2.45, 2.75) is 25.3 Å². The van der Waals surface area contributed by atoms with Gasteiger partial charge in [0.2, 0.25) is 5.82 Å². The lowest BCUT2D eigenvalue weighted by Gasteiger charge is -2.13. The molecule has 2 heterocycles. The summed E-state index contributed by atoms with van der Waals surface area (Å²) in [5, 5.41) is 10.9. The fourth-order valence-corrected chi connectivity index (χ4v) is 2.47. The second-order valence-electron chi connectivity index (χ2n) is 4.61. The van der Waals surface area contributed by atoms with Gasteiger partial charge in [-0.3, -0.25) is 9.89 Å². The van der Waals surface area contributed by atoms with E-state index < -0.39 is 0 Å². The standard InChI is InChI=1S/C12H14N4OS/c1-16(6-8-4-5-18-7-8)12(17)11-13-10(14-15-11)9-2-3-9/h4-5,7,9H,2-3,6H2,1H3,(H,13,14,15). The zero-order valence-electron chi connectivity index (χ0n) is 10.1. The van der Waals surface area contributed by atoms with Gasteiger partial charge in [-0.15, -0.1) is 5.10 Å². The van der Waals surface area contributed by atoms with Crippen molar-refractivity contribution >= 4 is 17.2 Å². The molecule has 0 aromatic carbocycles. The van der Waals surface area contributed by atoms with Gasteiger partial charge in [0.15, 0.2) is 0 Å². The number of H-pyrrole nitrogens is 1. The molecule has 94 valence electrons. The molecule has 0 spiro atoms. The third kappa shape index (κ3) is 2.28.